The van der Waals surface area contributed by atoms with Gasteiger partial charge in [0.25, 0.3) is 0 Å². The summed E-state index contributed by atoms with van der Waals surface area (Å²) < 4.78 is 5.12. The van der Waals surface area contributed by atoms with Crippen molar-refractivity contribution in [1.82, 2.24) is 14.9 Å². The first-order chi connectivity index (χ1) is 7.31. The highest BCUT2D eigenvalue weighted by molar-refractivity contribution is 5.05. The monoisotopic (exact) mass is 209 g/mol. The molecule has 0 aliphatic carbocycles. The number of nitrogens with zero attached hydrogens (tertiary/aromatic N) is 2. The van der Waals surface area contributed by atoms with E-state index in [0.29, 0.717) is 6.04 Å². The van der Waals surface area contributed by atoms with E-state index in [-0.39, 0.29) is 0 Å². The Morgan fingerprint density at radius 3 is 3.20 bits per heavy atom. The van der Waals surface area contributed by atoms with Gasteiger partial charge in [0.1, 0.15) is 5.82 Å². The number of aromatic nitrogens is 2. The van der Waals surface area contributed by atoms with E-state index in [0.717, 1.165) is 31.2 Å². The molecule has 15 heavy (non-hydrogen) atoms. The van der Waals surface area contributed by atoms with Gasteiger partial charge < -0.3 is 9.72 Å². The van der Waals surface area contributed by atoms with Crippen molar-refractivity contribution in [2.75, 3.05) is 26.8 Å². The zero-order valence-electron chi connectivity index (χ0n) is 9.49. The van der Waals surface area contributed by atoms with E-state index in [2.05, 4.69) is 14.9 Å². The third kappa shape index (κ3) is 2.38. The Morgan fingerprint density at radius 2 is 2.53 bits per heavy atom. The first-order valence-electron chi connectivity index (χ1n) is 5.55. The zero-order chi connectivity index (χ0) is 10.7. The van der Waals surface area contributed by atoms with Crippen LogP contribution in [0.3, 0.4) is 0 Å². The minimum absolute atomic E-state index is 0.467. The SMILES string of the molecule is COCCN1CCCC1c1ncc(C)[nH]1. The lowest BCUT2D eigenvalue weighted by Gasteiger charge is -2.22. The molecule has 2 rings (SSSR count). The lowest BCUT2D eigenvalue weighted by atomic mass is 10.2. The summed E-state index contributed by atoms with van der Waals surface area (Å²) in [6, 6.07) is 0.467. The van der Waals surface area contributed by atoms with E-state index in [1.807, 2.05) is 13.1 Å². The Morgan fingerprint density at radius 1 is 1.67 bits per heavy atom. The van der Waals surface area contributed by atoms with E-state index in [1.165, 1.54) is 12.8 Å². The van der Waals surface area contributed by atoms with Gasteiger partial charge in [-0.25, -0.2) is 4.98 Å². The van der Waals surface area contributed by atoms with E-state index in [4.69, 9.17) is 4.74 Å². The summed E-state index contributed by atoms with van der Waals surface area (Å²) in [4.78, 5) is 10.2. The highest BCUT2D eigenvalue weighted by Gasteiger charge is 2.27. The molecule has 1 N–H and O–H groups in total. The van der Waals surface area contributed by atoms with Crippen molar-refractivity contribution in [2.45, 2.75) is 25.8 Å². The summed E-state index contributed by atoms with van der Waals surface area (Å²) in [6.45, 7) is 5.01. The van der Waals surface area contributed by atoms with Crippen LogP contribution in [0.1, 0.15) is 30.4 Å². The number of rotatable bonds is 4. The van der Waals surface area contributed by atoms with Crippen molar-refractivity contribution < 1.29 is 4.74 Å². The van der Waals surface area contributed by atoms with E-state index >= 15 is 0 Å². The molecule has 0 spiro atoms. The topological polar surface area (TPSA) is 41.1 Å². The van der Waals surface area contributed by atoms with Gasteiger partial charge in [0.2, 0.25) is 0 Å². The van der Waals surface area contributed by atoms with Crippen molar-refractivity contribution in [1.29, 1.82) is 0 Å². The van der Waals surface area contributed by atoms with Gasteiger partial charge >= 0.3 is 0 Å². The summed E-state index contributed by atoms with van der Waals surface area (Å²) in [7, 11) is 1.75. The molecule has 0 radical (unpaired) electrons. The molecule has 0 bridgehead atoms. The average molecular weight is 209 g/mol. The van der Waals surface area contributed by atoms with Crippen LogP contribution in [-0.2, 0) is 4.74 Å². The first kappa shape index (κ1) is 10.6. The molecular formula is C11H19N3O. The highest BCUT2D eigenvalue weighted by atomic mass is 16.5. The fourth-order valence-electron chi connectivity index (χ4n) is 2.21. The van der Waals surface area contributed by atoms with Crippen LogP contribution in [0.15, 0.2) is 6.20 Å². The molecule has 4 heteroatoms. The molecule has 2 heterocycles. The molecule has 1 unspecified atom stereocenters. The molecule has 0 saturated carbocycles. The number of likely N-dealkylation sites (tertiary alicyclic amines) is 1. The fourth-order valence-corrected chi connectivity index (χ4v) is 2.21. The Kier molecular flexibility index (Phi) is 3.38. The lowest BCUT2D eigenvalue weighted by molar-refractivity contribution is 0.139. The van der Waals surface area contributed by atoms with Crippen molar-refractivity contribution >= 4 is 0 Å². The third-order valence-electron chi connectivity index (χ3n) is 2.98. The zero-order valence-corrected chi connectivity index (χ0v) is 9.49. The highest BCUT2D eigenvalue weighted by Crippen LogP contribution is 2.29. The summed E-state index contributed by atoms with van der Waals surface area (Å²) in [5.41, 5.74) is 1.14. The molecule has 4 nitrogen and oxygen atoms in total. The van der Waals surface area contributed by atoms with Crippen LogP contribution in [0.25, 0.3) is 0 Å². The van der Waals surface area contributed by atoms with Crippen molar-refractivity contribution in [3.63, 3.8) is 0 Å². The van der Waals surface area contributed by atoms with Gasteiger partial charge in [-0.15, -0.1) is 0 Å². The van der Waals surface area contributed by atoms with E-state index in [1.54, 1.807) is 7.11 Å². The largest absolute Gasteiger partial charge is 0.383 e. The van der Waals surface area contributed by atoms with Crippen LogP contribution < -0.4 is 0 Å². The average Bonchev–Trinajstić information content (AvgIpc) is 2.82. The Balaban J connectivity index is 2.01. The van der Waals surface area contributed by atoms with Gasteiger partial charge in [0.05, 0.1) is 12.6 Å². The Labute approximate surface area is 90.6 Å². The van der Waals surface area contributed by atoms with Crippen LogP contribution in [-0.4, -0.2) is 41.7 Å². The number of imidazole rings is 1. The lowest BCUT2D eigenvalue weighted by Crippen LogP contribution is -2.27. The molecule has 1 aromatic heterocycles. The molecule has 1 saturated heterocycles. The molecule has 1 aromatic rings. The Bertz CT molecular complexity index is 311. The van der Waals surface area contributed by atoms with Crippen molar-refractivity contribution in [3.8, 4) is 0 Å². The maximum atomic E-state index is 5.12. The van der Waals surface area contributed by atoms with Gasteiger partial charge in [-0.2, -0.15) is 0 Å². The van der Waals surface area contributed by atoms with Crippen molar-refractivity contribution in [2.24, 2.45) is 0 Å². The second-order valence-electron chi connectivity index (χ2n) is 4.14. The second-order valence-corrected chi connectivity index (χ2v) is 4.14. The molecule has 84 valence electrons. The number of hydrogen-bond acceptors (Lipinski definition) is 3. The second kappa shape index (κ2) is 4.77. The summed E-state index contributed by atoms with van der Waals surface area (Å²) >= 11 is 0. The molecule has 0 amide bonds. The molecule has 1 fully saturated rings. The van der Waals surface area contributed by atoms with E-state index in [9.17, 15) is 0 Å². The summed E-state index contributed by atoms with van der Waals surface area (Å²) in [5.74, 6) is 1.11. The van der Waals surface area contributed by atoms with Gasteiger partial charge in [0, 0.05) is 25.5 Å². The standard InChI is InChI=1S/C11H19N3O/c1-9-8-12-11(13-9)10-4-3-5-14(10)6-7-15-2/h8,10H,3-7H2,1-2H3,(H,12,13). The number of aromatic amines is 1. The predicted octanol–water partition coefficient (Wildman–Crippen LogP) is 1.50. The predicted molar refractivity (Wildman–Crippen MR) is 58.7 cm³/mol. The van der Waals surface area contributed by atoms with Crippen LogP contribution in [0.5, 0.6) is 0 Å². The molecule has 1 atom stereocenters. The first-order valence-corrected chi connectivity index (χ1v) is 5.55. The number of hydrogen-bond donors (Lipinski definition) is 1. The van der Waals surface area contributed by atoms with Crippen LogP contribution in [0.2, 0.25) is 0 Å². The number of H-pyrrole nitrogens is 1. The number of nitrogens with one attached hydrogen (secondary N) is 1. The molecular weight excluding hydrogens is 190 g/mol. The smallest absolute Gasteiger partial charge is 0.123 e. The number of aryl methyl sites for hydroxylation is 1. The maximum absolute atomic E-state index is 5.12. The van der Waals surface area contributed by atoms with Gasteiger partial charge in [-0.1, -0.05) is 0 Å². The number of methoxy groups -OCH3 is 1. The Hall–Kier alpha value is -0.870. The number of ether oxygens (including phenoxy) is 1. The van der Waals surface area contributed by atoms with Gasteiger partial charge in [0.15, 0.2) is 0 Å². The minimum Gasteiger partial charge on any atom is -0.383 e. The van der Waals surface area contributed by atoms with Gasteiger partial charge in [-0.05, 0) is 26.3 Å². The molecule has 1 aliphatic rings. The normalized spacial score (nSPS) is 22.4. The summed E-state index contributed by atoms with van der Waals surface area (Å²) in [6.07, 6.45) is 4.37. The van der Waals surface area contributed by atoms with Crippen LogP contribution >= 0.6 is 0 Å². The minimum atomic E-state index is 0.467. The fraction of sp³-hybridized carbons (Fsp3) is 0.727. The van der Waals surface area contributed by atoms with Crippen molar-refractivity contribution in [3.05, 3.63) is 17.7 Å². The quantitative estimate of drug-likeness (QED) is 0.817. The van der Waals surface area contributed by atoms with Gasteiger partial charge in [-0.3, -0.25) is 4.90 Å². The summed E-state index contributed by atoms with van der Waals surface area (Å²) in [5, 5.41) is 0. The maximum Gasteiger partial charge on any atom is 0.123 e. The molecule has 0 aromatic carbocycles. The molecule has 1 aliphatic heterocycles. The van der Waals surface area contributed by atoms with Crippen LogP contribution in [0.4, 0.5) is 0 Å². The van der Waals surface area contributed by atoms with Crippen LogP contribution in [0, 0.1) is 6.92 Å². The third-order valence-corrected chi connectivity index (χ3v) is 2.98. The van der Waals surface area contributed by atoms with E-state index < -0.39 is 0 Å².